The number of amides is 1. The minimum atomic E-state index is 0.0703. The fourth-order valence-electron chi connectivity index (χ4n) is 4.01. The number of rotatable bonds is 3. The molecule has 0 aromatic heterocycles. The van der Waals surface area contributed by atoms with Gasteiger partial charge >= 0.3 is 0 Å². The van der Waals surface area contributed by atoms with Crippen LogP contribution in [0.1, 0.15) is 12.5 Å². The van der Waals surface area contributed by atoms with Crippen LogP contribution in [0.25, 0.3) is 0 Å². The van der Waals surface area contributed by atoms with Gasteiger partial charge in [-0.25, -0.2) is 0 Å². The molecule has 24 heavy (non-hydrogen) atoms. The molecule has 2 heterocycles. The van der Waals surface area contributed by atoms with Crippen molar-refractivity contribution in [2.24, 2.45) is 11.3 Å². The average molecular weight is 332 g/mol. The van der Waals surface area contributed by atoms with Gasteiger partial charge in [0.25, 0.3) is 0 Å². The van der Waals surface area contributed by atoms with E-state index in [-0.39, 0.29) is 11.3 Å². The van der Waals surface area contributed by atoms with Crippen molar-refractivity contribution in [2.75, 3.05) is 53.6 Å². The van der Waals surface area contributed by atoms with Crippen LogP contribution in [-0.2, 0) is 16.0 Å². The van der Waals surface area contributed by atoms with Crippen LogP contribution in [-0.4, -0.2) is 69.3 Å². The molecule has 0 unspecified atom stereocenters. The molecule has 0 N–H and O–H groups in total. The summed E-state index contributed by atoms with van der Waals surface area (Å²) in [4.78, 5) is 17.2. The highest BCUT2D eigenvalue weighted by Crippen LogP contribution is 2.37. The van der Waals surface area contributed by atoms with Crippen LogP contribution in [0.15, 0.2) is 24.3 Å². The minimum absolute atomic E-state index is 0.0703. The number of nitrogens with zero attached hydrogens (tertiary/aromatic N) is 2. The average Bonchev–Trinajstić information content (AvgIpc) is 2.74. The smallest absolute Gasteiger partial charge is 0.227 e. The van der Waals surface area contributed by atoms with Gasteiger partial charge in [0.15, 0.2) is 0 Å². The van der Waals surface area contributed by atoms with Crippen LogP contribution >= 0.6 is 0 Å². The van der Waals surface area contributed by atoms with Crippen LogP contribution < -0.4 is 4.74 Å². The van der Waals surface area contributed by atoms with E-state index in [1.54, 1.807) is 7.11 Å². The lowest BCUT2D eigenvalue weighted by molar-refractivity contribution is -0.131. The van der Waals surface area contributed by atoms with E-state index in [1.165, 1.54) is 0 Å². The van der Waals surface area contributed by atoms with E-state index in [1.807, 2.05) is 29.2 Å². The van der Waals surface area contributed by atoms with Crippen LogP contribution in [0, 0.1) is 11.3 Å². The van der Waals surface area contributed by atoms with Gasteiger partial charge in [-0.1, -0.05) is 19.1 Å². The molecule has 0 aliphatic carbocycles. The summed E-state index contributed by atoms with van der Waals surface area (Å²) in [6.45, 7) is 7.23. The molecule has 2 aliphatic rings. The molecule has 5 nitrogen and oxygen atoms in total. The van der Waals surface area contributed by atoms with Crippen molar-refractivity contribution in [2.45, 2.75) is 13.3 Å². The molecule has 1 aromatic rings. The molecule has 0 bridgehead atoms. The van der Waals surface area contributed by atoms with Crippen molar-refractivity contribution in [3.8, 4) is 5.75 Å². The van der Waals surface area contributed by atoms with Gasteiger partial charge in [-0.2, -0.15) is 0 Å². The van der Waals surface area contributed by atoms with E-state index in [0.717, 1.165) is 37.6 Å². The van der Waals surface area contributed by atoms with Crippen molar-refractivity contribution in [3.05, 3.63) is 29.8 Å². The van der Waals surface area contributed by atoms with Crippen LogP contribution in [0.2, 0.25) is 0 Å². The van der Waals surface area contributed by atoms with E-state index in [2.05, 4.69) is 18.9 Å². The number of hydrogen-bond donors (Lipinski definition) is 0. The van der Waals surface area contributed by atoms with Gasteiger partial charge in [0.05, 0.1) is 26.7 Å². The summed E-state index contributed by atoms with van der Waals surface area (Å²) in [7, 11) is 3.80. The Balaban J connectivity index is 1.69. The van der Waals surface area contributed by atoms with Gasteiger partial charge in [0.2, 0.25) is 5.91 Å². The molecule has 1 spiro atoms. The lowest BCUT2D eigenvalue weighted by Crippen LogP contribution is -2.46. The zero-order valence-corrected chi connectivity index (χ0v) is 15.0. The summed E-state index contributed by atoms with van der Waals surface area (Å²) in [5.74, 6) is 1.54. The summed E-state index contributed by atoms with van der Waals surface area (Å²) < 4.78 is 11.1. The summed E-state index contributed by atoms with van der Waals surface area (Å²) >= 11 is 0. The predicted molar refractivity (Wildman–Crippen MR) is 93.2 cm³/mol. The lowest BCUT2D eigenvalue weighted by Gasteiger charge is -2.35. The van der Waals surface area contributed by atoms with E-state index in [0.29, 0.717) is 25.5 Å². The maximum atomic E-state index is 12.8. The number of hydrogen-bond acceptors (Lipinski definition) is 4. The van der Waals surface area contributed by atoms with Gasteiger partial charge in [-0.3, -0.25) is 4.79 Å². The first kappa shape index (κ1) is 17.2. The van der Waals surface area contributed by atoms with Crippen molar-refractivity contribution >= 4 is 5.91 Å². The van der Waals surface area contributed by atoms with E-state index >= 15 is 0 Å². The number of likely N-dealkylation sites (tertiary alicyclic amines) is 1. The fourth-order valence-corrected chi connectivity index (χ4v) is 4.01. The van der Waals surface area contributed by atoms with Crippen molar-refractivity contribution in [3.63, 3.8) is 0 Å². The molecule has 0 saturated carbocycles. The second-order valence-corrected chi connectivity index (χ2v) is 7.35. The number of methoxy groups -OCH3 is 1. The van der Waals surface area contributed by atoms with Crippen molar-refractivity contribution in [1.82, 2.24) is 9.80 Å². The second-order valence-electron chi connectivity index (χ2n) is 7.35. The molecule has 2 aliphatic heterocycles. The molecule has 1 amide bonds. The summed E-state index contributed by atoms with van der Waals surface area (Å²) in [6, 6.07) is 7.74. The molecular weight excluding hydrogens is 304 g/mol. The normalized spacial score (nSPS) is 28.1. The number of carbonyl (C=O) groups excluding carboxylic acids is 1. The second kappa shape index (κ2) is 7.11. The molecule has 2 atom stereocenters. The van der Waals surface area contributed by atoms with Crippen molar-refractivity contribution in [1.29, 1.82) is 0 Å². The molecule has 132 valence electrons. The molecule has 3 rings (SSSR count). The van der Waals surface area contributed by atoms with Gasteiger partial charge < -0.3 is 19.3 Å². The zero-order valence-electron chi connectivity index (χ0n) is 15.0. The highest BCUT2D eigenvalue weighted by molar-refractivity contribution is 5.79. The third kappa shape index (κ3) is 3.57. The summed E-state index contributed by atoms with van der Waals surface area (Å²) in [6.07, 6.45) is 0.435. The first-order valence-corrected chi connectivity index (χ1v) is 8.69. The van der Waals surface area contributed by atoms with Crippen molar-refractivity contribution < 1.29 is 14.3 Å². The maximum absolute atomic E-state index is 12.8. The minimum Gasteiger partial charge on any atom is -0.497 e. The SMILES string of the molecule is COc1ccc(CC(=O)N2CCOC[C@]3(CN(C)C[C@H]3C)C2)cc1. The molecule has 0 radical (unpaired) electrons. The third-order valence-corrected chi connectivity index (χ3v) is 5.48. The molecule has 2 saturated heterocycles. The zero-order chi connectivity index (χ0) is 17.2. The Morgan fingerprint density at radius 3 is 2.71 bits per heavy atom. The fraction of sp³-hybridized carbons (Fsp3) is 0.632. The standard InChI is InChI=1S/C19H28N2O3/c1-15-11-20(2)12-19(15)13-21(8-9-24-14-19)18(22)10-16-4-6-17(23-3)7-5-16/h4-7,15H,8-14H2,1-3H3/t15-,19+/m1/s1. The quantitative estimate of drug-likeness (QED) is 0.844. The van der Waals surface area contributed by atoms with Gasteiger partial charge in [-0.15, -0.1) is 0 Å². The van der Waals surface area contributed by atoms with Gasteiger partial charge in [0.1, 0.15) is 5.75 Å². The number of carbonyl (C=O) groups is 1. The summed E-state index contributed by atoms with van der Waals surface area (Å²) in [5.41, 5.74) is 1.09. The van der Waals surface area contributed by atoms with E-state index in [4.69, 9.17) is 9.47 Å². The molecule has 1 aromatic carbocycles. The van der Waals surface area contributed by atoms with E-state index in [9.17, 15) is 4.79 Å². The highest BCUT2D eigenvalue weighted by Gasteiger charge is 2.46. The monoisotopic (exact) mass is 332 g/mol. The largest absolute Gasteiger partial charge is 0.497 e. The lowest BCUT2D eigenvalue weighted by atomic mass is 9.79. The Hall–Kier alpha value is -1.59. The Kier molecular flexibility index (Phi) is 5.11. The van der Waals surface area contributed by atoms with Crippen LogP contribution in [0.3, 0.4) is 0 Å². The first-order valence-electron chi connectivity index (χ1n) is 8.69. The third-order valence-electron chi connectivity index (χ3n) is 5.48. The van der Waals surface area contributed by atoms with Gasteiger partial charge in [-0.05, 0) is 30.7 Å². The highest BCUT2D eigenvalue weighted by atomic mass is 16.5. The molecule has 5 heteroatoms. The summed E-state index contributed by atoms with van der Waals surface area (Å²) in [5, 5.41) is 0. The maximum Gasteiger partial charge on any atom is 0.227 e. The topological polar surface area (TPSA) is 42.0 Å². The van der Waals surface area contributed by atoms with Crippen LogP contribution in [0.4, 0.5) is 0 Å². The van der Waals surface area contributed by atoms with Crippen LogP contribution in [0.5, 0.6) is 5.75 Å². The van der Waals surface area contributed by atoms with Gasteiger partial charge in [0, 0.05) is 31.6 Å². The first-order chi connectivity index (χ1) is 11.5. The Bertz CT molecular complexity index is 574. The molecular formula is C19H28N2O3. The Labute approximate surface area is 144 Å². The predicted octanol–water partition coefficient (Wildman–Crippen LogP) is 1.66. The number of ether oxygens (including phenoxy) is 2. The molecule has 2 fully saturated rings. The Morgan fingerprint density at radius 2 is 2.08 bits per heavy atom. The Morgan fingerprint density at radius 1 is 1.33 bits per heavy atom. The number of benzene rings is 1. The van der Waals surface area contributed by atoms with E-state index < -0.39 is 0 Å².